The lowest BCUT2D eigenvalue weighted by molar-refractivity contribution is -0.141. The van der Waals surface area contributed by atoms with Gasteiger partial charge < -0.3 is 9.84 Å². The number of hydrogen-bond acceptors (Lipinski definition) is 6. The summed E-state index contributed by atoms with van der Waals surface area (Å²) in [6, 6.07) is 4.67. The number of rotatable bonds is 6. The van der Waals surface area contributed by atoms with Crippen molar-refractivity contribution in [3.8, 4) is 11.5 Å². The van der Waals surface area contributed by atoms with Crippen molar-refractivity contribution in [2.45, 2.75) is 48.8 Å². The van der Waals surface area contributed by atoms with Crippen molar-refractivity contribution in [3.63, 3.8) is 0 Å². The molecular weight excluding hydrogens is 587 g/mol. The Hall–Kier alpha value is -2.10. The summed E-state index contributed by atoms with van der Waals surface area (Å²) in [4.78, 5) is 52.6. The van der Waals surface area contributed by atoms with Crippen molar-refractivity contribution >= 4 is 62.8 Å². The van der Waals surface area contributed by atoms with Crippen LogP contribution in [-0.4, -0.2) is 66.9 Å². The molecule has 4 aliphatic rings. The largest absolute Gasteiger partial charge is 0.504 e. The van der Waals surface area contributed by atoms with Gasteiger partial charge in [-0.3, -0.25) is 29.0 Å². The van der Waals surface area contributed by atoms with Crippen LogP contribution in [0.5, 0.6) is 11.5 Å². The number of carbonyl (C=O) groups is 4. The first-order valence-electron chi connectivity index (χ1n) is 12.4. The fraction of sp³-hybridized carbons (Fsp3) is 0.538. The quantitative estimate of drug-likeness (QED) is 0.226. The molecule has 1 aromatic carbocycles. The number of halogens is 3. The molecular formula is C26H27BrCl2N2O6. The van der Waals surface area contributed by atoms with Crippen molar-refractivity contribution < 1.29 is 29.0 Å². The van der Waals surface area contributed by atoms with Gasteiger partial charge in [-0.05, 0) is 49.8 Å². The normalized spacial score (nSPS) is 34.9. The highest BCUT2D eigenvalue weighted by molar-refractivity contribution is 9.09. The summed E-state index contributed by atoms with van der Waals surface area (Å²) >= 11 is 17.6. The minimum absolute atomic E-state index is 0.0506. The number of fused-ring (bicyclic) bond motifs is 4. The number of aromatic hydroxyl groups is 1. The average Bonchev–Trinajstić information content (AvgIpc) is 3.19. The van der Waals surface area contributed by atoms with Crippen LogP contribution in [0.3, 0.4) is 0 Å². The maximum atomic E-state index is 13.7. The number of ether oxygens (including phenoxy) is 1. The van der Waals surface area contributed by atoms with Gasteiger partial charge in [0.25, 0.3) is 11.8 Å². The van der Waals surface area contributed by atoms with Gasteiger partial charge in [0.05, 0.1) is 23.9 Å². The Morgan fingerprint density at radius 3 is 2.46 bits per heavy atom. The molecule has 2 saturated heterocycles. The molecule has 2 aliphatic heterocycles. The predicted molar refractivity (Wildman–Crippen MR) is 140 cm³/mol. The minimum atomic E-state index is -1.89. The third-order valence-electron chi connectivity index (χ3n) is 8.17. The van der Waals surface area contributed by atoms with Crippen molar-refractivity contribution in [2.75, 3.05) is 18.6 Å². The third kappa shape index (κ3) is 3.46. The first-order valence-corrected chi connectivity index (χ1v) is 14.3. The van der Waals surface area contributed by atoms with Gasteiger partial charge in [0.1, 0.15) is 0 Å². The topological polar surface area (TPSA) is 104 Å². The Balaban J connectivity index is 1.71. The Bertz CT molecular complexity index is 1240. The van der Waals surface area contributed by atoms with Gasteiger partial charge in [-0.2, -0.15) is 0 Å². The molecule has 0 aromatic heterocycles. The van der Waals surface area contributed by atoms with E-state index in [0.717, 1.165) is 4.90 Å². The highest BCUT2D eigenvalue weighted by Gasteiger charge is 2.76. The zero-order chi connectivity index (χ0) is 26.9. The summed E-state index contributed by atoms with van der Waals surface area (Å²) in [5.41, 5.74) is 1.14. The average molecular weight is 614 g/mol. The van der Waals surface area contributed by atoms with Crippen LogP contribution in [0.1, 0.15) is 44.6 Å². The van der Waals surface area contributed by atoms with E-state index in [-0.39, 0.29) is 35.2 Å². The van der Waals surface area contributed by atoms with Crippen LogP contribution in [-0.2, 0) is 19.2 Å². The van der Waals surface area contributed by atoms with E-state index in [0.29, 0.717) is 37.1 Å². The Kier molecular flexibility index (Phi) is 6.64. The number of allylic oxidation sites excluding steroid dienone is 2. The summed E-state index contributed by atoms with van der Waals surface area (Å²) in [7, 11) is 0. The molecule has 198 valence electrons. The number of likely N-dealkylation sites (tertiary alicyclic amines) is 2. The molecule has 0 radical (unpaired) electrons. The molecule has 11 heteroatoms. The SMILES string of the molecule is CCCN1C(=O)[C@H]2[C@H](CC=C3[C@H]2C[C@@]2(Cl)C(=O)N(CBr)C(=O)[C@@]2(Cl)[C@H]3c2ccc(O)c(OCC)c2)C1=O. The van der Waals surface area contributed by atoms with Gasteiger partial charge in [0.2, 0.25) is 11.8 Å². The van der Waals surface area contributed by atoms with E-state index in [9.17, 15) is 24.3 Å². The van der Waals surface area contributed by atoms with E-state index in [4.69, 9.17) is 27.9 Å². The molecule has 6 atom stereocenters. The molecule has 8 nitrogen and oxygen atoms in total. The molecule has 0 bridgehead atoms. The number of phenols is 1. The molecule has 4 amide bonds. The van der Waals surface area contributed by atoms with Crippen LogP contribution in [0.15, 0.2) is 29.8 Å². The van der Waals surface area contributed by atoms with Gasteiger partial charge in [0, 0.05) is 12.5 Å². The lowest BCUT2D eigenvalue weighted by atomic mass is 9.56. The summed E-state index contributed by atoms with van der Waals surface area (Å²) in [5.74, 6) is -4.34. The molecule has 2 heterocycles. The Morgan fingerprint density at radius 2 is 1.81 bits per heavy atom. The van der Waals surface area contributed by atoms with Crippen LogP contribution < -0.4 is 4.74 Å². The fourth-order valence-electron chi connectivity index (χ4n) is 6.62. The number of benzene rings is 1. The third-order valence-corrected chi connectivity index (χ3v) is 10.1. The van der Waals surface area contributed by atoms with Crippen molar-refractivity contribution in [3.05, 3.63) is 35.4 Å². The molecule has 5 rings (SSSR count). The Labute approximate surface area is 233 Å². The van der Waals surface area contributed by atoms with Gasteiger partial charge >= 0.3 is 0 Å². The van der Waals surface area contributed by atoms with Gasteiger partial charge in [-0.1, -0.05) is 40.6 Å². The molecule has 1 aromatic rings. The van der Waals surface area contributed by atoms with E-state index in [2.05, 4.69) is 15.9 Å². The van der Waals surface area contributed by atoms with Crippen LogP contribution in [0, 0.1) is 17.8 Å². The van der Waals surface area contributed by atoms with Crippen LogP contribution in [0.4, 0.5) is 0 Å². The zero-order valence-electron chi connectivity index (χ0n) is 20.4. The second kappa shape index (κ2) is 9.27. The number of alkyl halides is 3. The maximum Gasteiger partial charge on any atom is 0.254 e. The first-order chi connectivity index (χ1) is 17.6. The number of carbonyl (C=O) groups excluding carboxylic acids is 4. The molecule has 0 spiro atoms. The lowest BCUT2D eigenvalue weighted by Gasteiger charge is -2.50. The van der Waals surface area contributed by atoms with Crippen molar-refractivity contribution in [2.24, 2.45) is 17.8 Å². The molecule has 3 fully saturated rings. The van der Waals surface area contributed by atoms with E-state index < -0.39 is 45.2 Å². The van der Waals surface area contributed by atoms with E-state index in [1.807, 2.05) is 13.0 Å². The number of imide groups is 2. The lowest BCUT2D eigenvalue weighted by Crippen LogP contribution is -2.60. The van der Waals surface area contributed by atoms with Crippen LogP contribution in [0.25, 0.3) is 0 Å². The highest BCUT2D eigenvalue weighted by Crippen LogP contribution is 2.65. The number of hydrogen-bond donors (Lipinski definition) is 1. The van der Waals surface area contributed by atoms with Gasteiger partial charge in [-0.25, -0.2) is 0 Å². The first kappa shape index (κ1) is 26.5. The fourth-order valence-corrected chi connectivity index (χ4v) is 8.04. The monoisotopic (exact) mass is 612 g/mol. The van der Waals surface area contributed by atoms with Crippen molar-refractivity contribution in [1.29, 1.82) is 0 Å². The number of phenolic OH excluding ortho intramolecular Hbond substituents is 1. The predicted octanol–water partition coefficient (Wildman–Crippen LogP) is 3.91. The summed E-state index contributed by atoms with van der Waals surface area (Å²) in [6.07, 6.45) is 2.79. The summed E-state index contributed by atoms with van der Waals surface area (Å²) < 4.78 is 5.58. The highest BCUT2D eigenvalue weighted by atomic mass is 79.9. The van der Waals surface area contributed by atoms with E-state index in [1.54, 1.807) is 19.1 Å². The second-order valence-electron chi connectivity index (χ2n) is 9.97. The molecule has 37 heavy (non-hydrogen) atoms. The Morgan fingerprint density at radius 1 is 1.08 bits per heavy atom. The minimum Gasteiger partial charge on any atom is -0.504 e. The molecule has 1 N–H and O–H groups in total. The summed E-state index contributed by atoms with van der Waals surface area (Å²) in [6.45, 7) is 4.29. The maximum absolute atomic E-state index is 13.7. The summed E-state index contributed by atoms with van der Waals surface area (Å²) in [5, 5.41) is 10.3. The van der Waals surface area contributed by atoms with Crippen LogP contribution >= 0.6 is 39.1 Å². The smallest absolute Gasteiger partial charge is 0.254 e. The number of amides is 4. The molecule has 2 aliphatic carbocycles. The van der Waals surface area contributed by atoms with Crippen molar-refractivity contribution in [1.82, 2.24) is 9.80 Å². The number of nitrogens with zero attached hydrogens (tertiary/aromatic N) is 2. The van der Waals surface area contributed by atoms with Gasteiger partial charge in [-0.15, -0.1) is 23.2 Å². The second-order valence-corrected chi connectivity index (χ2v) is 11.7. The standard InChI is InChI=1S/C26H27BrCl2N2O6/c1-3-9-30-21(33)15-7-6-14-16(19(15)22(30)34)11-25(28)23(35)31(12-27)24(36)26(25,29)20(14)13-5-8-17(32)18(10-13)37-4-2/h5-6,8,10,15-16,19-20,32H,3-4,7,9,11-12H2,1-2H3/t15-,16+,19-,20-,25+,26-/m0/s1. The van der Waals surface area contributed by atoms with E-state index in [1.165, 1.54) is 11.0 Å². The molecule has 1 saturated carbocycles. The zero-order valence-corrected chi connectivity index (χ0v) is 23.5. The van der Waals surface area contributed by atoms with Crippen LogP contribution in [0.2, 0.25) is 0 Å². The van der Waals surface area contributed by atoms with E-state index >= 15 is 0 Å². The molecule has 0 unspecified atom stereocenters. The van der Waals surface area contributed by atoms with Gasteiger partial charge in [0.15, 0.2) is 21.2 Å².